The lowest BCUT2D eigenvalue weighted by Gasteiger charge is -2.18. The van der Waals surface area contributed by atoms with Crippen molar-refractivity contribution in [3.8, 4) is 6.07 Å². The fraction of sp³-hybridized carbons (Fsp3) is 0.889. The van der Waals surface area contributed by atoms with Gasteiger partial charge in [0, 0.05) is 13.4 Å². The van der Waals surface area contributed by atoms with Gasteiger partial charge in [-0.1, -0.05) is 0 Å². The van der Waals surface area contributed by atoms with Crippen molar-refractivity contribution in [3.63, 3.8) is 0 Å². The van der Waals surface area contributed by atoms with Crippen molar-refractivity contribution in [1.29, 1.82) is 5.26 Å². The van der Waals surface area contributed by atoms with Gasteiger partial charge >= 0.3 is 0 Å². The maximum absolute atomic E-state index is 11.3. The predicted octanol–water partition coefficient (Wildman–Crippen LogP) is 0.740. The summed E-state index contributed by atoms with van der Waals surface area (Å²) in [5.74, 6) is 0. The van der Waals surface area contributed by atoms with Crippen molar-refractivity contribution in [2.45, 2.75) is 24.5 Å². The topological polar surface area (TPSA) is 67.2 Å². The molecule has 1 aliphatic rings. The van der Waals surface area contributed by atoms with Crippen LogP contribution in [0, 0.1) is 16.7 Å². The molecule has 0 aromatic rings. The maximum Gasteiger partial charge on any atom is 0.150 e. The van der Waals surface area contributed by atoms with Crippen molar-refractivity contribution in [3.05, 3.63) is 0 Å². The molecule has 0 aromatic heterocycles. The van der Waals surface area contributed by atoms with Crippen LogP contribution in [0.5, 0.6) is 0 Å². The van der Waals surface area contributed by atoms with Crippen LogP contribution in [-0.2, 0) is 14.6 Å². The Morgan fingerprint density at radius 1 is 1.64 bits per heavy atom. The molecule has 0 N–H and O–H groups in total. The molecule has 1 fully saturated rings. The third-order valence-corrected chi connectivity index (χ3v) is 4.44. The van der Waals surface area contributed by atoms with Gasteiger partial charge in [0.2, 0.25) is 0 Å². The summed E-state index contributed by atoms with van der Waals surface area (Å²) >= 11 is 0. The van der Waals surface area contributed by atoms with Crippen LogP contribution in [0.4, 0.5) is 0 Å². The number of ether oxygens (including phenoxy) is 1. The second-order valence-corrected chi connectivity index (χ2v) is 6.35. The number of hydrogen-bond acceptors (Lipinski definition) is 4. The summed E-state index contributed by atoms with van der Waals surface area (Å²) in [7, 11) is -1.47. The van der Waals surface area contributed by atoms with Crippen LogP contribution in [0.1, 0.15) is 19.3 Å². The largest absolute Gasteiger partial charge is 0.383 e. The molecule has 0 aromatic carbocycles. The van der Waals surface area contributed by atoms with Gasteiger partial charge in [-0.25, -0.2) is 8.42 Å². The fourth-order valence-electron chi connectivity index (χ4n) is 1.98. The standard InChI is InChI=1S/C9H15NO3S/c1-13-7-9(6-10)4-3-8(5-9)14(2,11)12/h8H,3-5,7H2,1-2H3/t8-,9-/m0/s1. The van der Waals surface area contributed by atoms with Gasteiger partial charge in [0.15, 0.2) is 0 Å². The Balaban J connectivity index is 2.77. The molecule has 0 spiro atoms. The van der Waals surface area contributed by atoms with E-state index in [0.717, 1.165) is 0 Å². The van der Waals surface area contributed by atoms with E-state index in [4.69, 9.17) is 10.00 Å². The Kier molecular flexibility index (Phi) is 3.17. The molecule has 1 rings (SSSR count). The van der Waals surface area contributed by atoms with Crippen LogP contribution in [-0.4, -0.2) is 33.6 Å². The van der Waals surface area contributed by atoms with Crippen LogP contribution in [0.2, 0.25) is 0 Å². The highest BCUT2D eigenvalue weighted by Gasteiger charge is 2.43. The summed E-state index contributed by atoms with van der Waals surface area (Å²) < 4.78 is 27.5. The number of methoxy groups -OCH3 is 1. The maximum atomic E-state index is 11.3. The number of hydrogen-bond donors (Lipinski definition) is 0. The lowest BCUT2D eigenvalue weighted by atomic mass is 9.89. The van der Waals surface area contributed by atoms with E-state index in [1.54, 1.807) is 0 Å². The average Bonchev–Trinajstić information content (AvgIpc) is 2.50. The summed E-state index contributed by atoms with van der Waals surface area (Å²) in [5.41, 5.74) is -0.581. The molecule has 0 bridgehead atoms. The van der Waals surface area contributed by atoms with E-state index in [9.17, 15) is 8.42 Å². The quantitative estimate of drug-likeness (QED) is 0.699. The molecule has 5 heteroatoms. The van der Waals surface area contributed by atoms with E-state index in [0.29, 0.717) is 25.9 Å². The molecule has 0 amide bonds. The Labute approximate surface area is 84.8 Å². The molecule has 0 saturated heterocycles. The summed E-state index contributed by atoms with van der Waals surface area (Å²) in [5, 5.41) is 8.64. The Morgan fingerprint density at radius 2 is 2.29 bits per heavy atom. The van der Waals surface area contributed by atoms with Crippen molar-refractivity contribution in [1.82, 2.24) is 0 Å². The fourth-order valence-corrected chi connectivity index (χ4v) is 3.15. The minimum atomic E-state index is -3.01. The first-order valence-corrected chi connectivity index (χ1v) is 6.48. The van der Waals surface area contributed by atoms with Gasteiger partial charge in [0.25, 0.3) is 0 Å². The van der Waals surface area contributed by atoms with Gasteiger partial charge in [-0.2, -0.15) is 5.26 Å². The highest BCUT2D eigenvalue weighted by Crippen LogP contribution is 2.40. The molecule has 0 unspecified atom stereocenters. The third kappa shape index (κ3) is 2.25. The van der Waals surface area contributed by atoms with Crippen LogP contribution < -0.4 is 0 Å². The van der Waals surface area contributed by atoms with E-state index >= 15 is 0 Å². The van der Waals surface area contributed by atoms with E-state index in [-0.39, 0.29) is 5.25 Å². The van der Waals surface area contributed by atoms with Crippen molar-refractivity contribution in [2.75, 3.05) is 20.0 Å². The van der Waals surface area contributed by atoms with Crippen LogP contribution in [0.3, 0.4) is 0 Å². The second-order valence-electron chi connectivity index (χ2n) is 4.02. The second kappa shape index (κ2) is 3.87. The lowest BCUT2D eigenvalue weighted by Crippen LogP contribution is -2.24. The van der Waals surface area contributed by atoms with E-state index in [2.05, 4.69) is 6.07 Å². The highest BCUT2D eigenvalue weighted by atomic mass is 32.2. The zero-order valence-corrected chi connectivity index (χ0v) is 9.30. The van der Waals surface area contributed by atoms with Gasteiger partial charge < -0.3 is 4.74 Å². The normalized spacial score (nSPS) is 32.8. The molecule has 1 aliphatic carbocycles. The van der Waals surface area contributed by atoms with Gasteiger partial charge in [0.1, 0.15) is 9.84 Å². The molecular formula is C9H15NO3S. The molecular weight excluding hydrogens is 202 g/mol. The summed E-state index contributed by atoms with van der Waals surface area (Å²) in [6.45, 7) is 0.329. The molecule has 0 radical (unpaired) electrons. The minimum absolute atomic E-state index is 0.329. The van der Waals surface area contributed by atoms with Crippen LogP contribution in [0.15, 0.2) is 0 Å². The summed E-state index contributed by atoms with van der Waals surface area (Å²) in [6.07, 6.45) is 2.85. The molecule has 1 saturated carbocycles. The zero-order chi connectivity index (χ0) is 10.8. The highest BCUT2D eigenvalue weighted by molar-refractivity contribution is 7.91. The monoisotopic (exact) mass is 217 g/mol. The number of nitrogens with zero attached hydrogens (tertiary/aromatic N) is 1. The lowest BCUT2D eigenvalue weighted by molar-refractivity contribution is 0.120. The van der Waals surface area contributed by atoms with E-state index < -0.39 is 15.3 Å². The molecule has 2 atom stereocenters. The Hall–Kier alpha value is -0.600. The first-order valence-electron chi connectivity index (χ1n) is 4.52. The smallest absolute Gasteiger partial charge is 0.150 e. The number of nitriles is 1. The van der Waals surface area contributed by atoms with Crippen molar-refractivity contribution >= 4 is 9.84 Å². The zero-order valence-electron chi connectivity index (χ0n) is 8.49. The molecule has 0 aliphatic heterocycles. The predicted molar refractivity (Wildman–Crippen MR) is 52.4 cm³/mol. The van der Waals surface area contributed by atoms with Gasteiger partial charge in [-0.15, -0.1) is 0 Å². The molecule has 0 heterocycles. The molecule has 4 nitrogen and oxygen atoms in total. The summed E-state index contributed by atoms with van der Waals surface area (Å²) in [4.78, 5) is 0. The SMILES string of the molecule is COC[C@@]1(C#N)CC[C@H](S(C)(=O)=O)C1. The van der Waals surface area contributed by atoms with E-state index in [1.807, 2.05) is 0 Å². The van der Waals surface area contributed by atoms with Crippen molar-refractivity contribution in [2.24, 2.45) is 5.41 Å². The number of sulfone groups is 1. The van der Waals surface area contributed by atoms with Gasteiger partial charge in [-0.05, 0) is 19.3 Å². The van der Waals surface area contributed by atoms with Crippen LogP contribution in [0.25, 0.3) is 0 Å². The average molecular weight is 217 g/mol. The Bertz CT molecular complexity index is 344. The first-order chi connectivity index (χ1) is 6.43. The van der Waals surface area contributed by atoms with E-state index in [1.165, 1.54) is 13.4 Å². The molecule has 14 heavy (non-hydrogen) atoms. The number of rotatable bonds is 3. The van der Waals surface area contributed by atoms with Crippen molar-refractivity contribution < 1.29 is 13.2 Å². The summed E-state index contributed by atoms with van der Waals surface area (Å²) in [6, 6.07) is 2.19. The third-order valence-electron chi connectivity index (χ3n) is 2.83. The van der Waals surface area contributed by atoms with Gasteiger partial charge in [0.05, 0.1) is 23.3 Å². The Morgan fingerprint density at radius 3 is 2.64 bits per heavy atom. The molecule has 80 valence electrons. The van der Waals surface area contributed by atoms with Crippen LogP contribution >= 0.6 is 0 Å². The first kappa shape index (κ1) is 11.5. The van der Waals surface area contributed by atoms with Gasteiger partial charge in [-0.3, -0.25) is 0 Å². The minimum Gasteiger partial charge on any atom is -0.383 e.